The molecule has 1 N–H and O–H groups in total. The molecule has 0 unspecified atom stereocenters. The summed E-state index contributed by atoms with van der Waals surface area (Å²) in [6, 6.07) is 9.63. The largest absolute Gasteiger partial charge is 0.494 e. The molecule has 0 fully saturated rings. The van der Waals surface area contributed by atoms with E-state index in [0.29, 0.717) is 37.3 Å². The number of carbonyl (C=O) groups excluding carboxylic acids is 1. The van der Waals surface area contributed by atoms with Gasteiger partial charge in [-0.15, -0.1) is 0 Å². The zero-order valence-electron chi connectivity index (χ0n) is 16.3. The van der Waals surface area contributed by atoms with Crippen LogP contribution in [0, 0.1) is 25.2 Å². The minimum absolute atomic E-state index is 0.00684. The van der Waals surface area contributed by atoms with E-state index in [4.69, 9.17) is 10.00 Å². The van der Waals surface area contributed by atoms with Crippen molar-refractivity contribution in [3.05, 3.63) is 62.6 Å². The molecule has 0 spiro atoms. The molecule has 1 heterocycles. The SMILES string of the molecule is CCOc1ccc(CN(C)C(=O)CCc2c(C)[nH]c(=O)c(C#N)c2C)cc1. The second kappa shape index (κ2) is 9.04. The van der Waals surface area contributed by atoms with Crippen molar-refractivity contribution in [1.82, 2.24) is 9.88 Å². The number of H-pyrrole nitrogens is 1. The highest BCUT2D eigenvalue weighted by Crippen LogP contribution is 2.17. The molecule has 6 nitrogen and oxygen atoms in total. The lowest BCUT2D eigenvalue weighted by molar-refractivity contribution is -0.130. The van der Waals surface area contributed by atoms with Crippen LogP contribution in [-0.4, -0.2) is 29.4 Å². The van der Waals surface area contributed by atoms with E-state index in [1.165, 1.54) is 0 Å². The molecule has 1 amide bonds. The van der Waals surface area contributed by atoms with E-state index in [1.807, 2.05) is 37.3 Å². The first-order valence-corrected chi connectivity index (χ1v) is 8.95. The lowest BCUT2D eigenvalue weighted by Gasteiger charge is -2.18. The number of aromatic nitrogens is 1. The van der Waals surface area contributed by atoms with Crippen LogP contribution in [0.4, 0.5) is 0 Å². The minimum atomic E-state index is -0.379. The van der Waals surface area contributed by atoms with Crippen molar-refractivity contribution in [3.63, 3.8) is 0 Å². The van der Waals surface area contributed by atoms with Gasteiger partial charge in [-0.05, 0) is 56.0 Å². The highest BCUT2D eigenvalue weighted by atomic mass is 16.5. The van der Waals surface area contributed by atoms with Crippen molar-refractivity contribution < 1.29 is 9.53 Å². The molecule has 0 saturated heterocycles. The van der Waals surface area contributed by atoms with Gasteiger partial charge in [-0.2, -0.15) is 5.26 Å². The van der Waals surface area contributed by atoms with Crippen molar-refractivity contribution >= 4 is 5.91 Å². The van der Waals surface area contributed by atoms with Gasteiger partial charge in [-0.1, -0.05) is 12.1 Å². The molecule has 142 valence electrons. The van der Waals surface area contributed by atoms with Crippen LogP contribution in [0.3, 0.4) is 0 Å². The number of ether oxygens (including phenoxy) is 1. The van der Waals surface area contributed by atoms with Crippen molar-refractivity contribution in [3.8, 4) is 11.8 Å². The van der Waals surface area contributed by atoms with Crippen LogP contribution in [0.25, 0.3) is 0 Å². The van der Waals surface area contributed by atoms with E-state index in [0.717, 1.165) is 16.9 Å². The van der Waals surface area contributed by atoms with Gasteiger partial charge in [-0.25, -0.2) is 0 Å². The molecule has 0 aliphatic heterocycles. The van der Waals surface area contributed by atoms with E-state index in [2.05, 4.69) is 4.98 Å². The molecule has 2 aromatic rings. The van der Waals surface area contributed by atoms with E-state index in [1.54, 1.807) is 25.8 Å². The number of hydrogen-bond donors (Lipinski definition) is 1. The fourth-order valence-corrected chi connectivity index (χ4v) is 3.06. The Bertz CT molecular complexity index is 908. The van der Waals surface area contributed by atoms with Crippen LogP contribution in [0.5, 0.6) is 5.75 Å². The predicted octanol–water partition coefficient (Wildman–Crippen LogP) is 2.85. The van der Waals surface area contributed by atoms with Crippen LogP contribution in [-0.2, 0) is 17.8 Å². The first kappa shape index (κ1) is 20.2. The molecule has 0 atom stereocenters. The first-order chi connectivity index (χ1) is 12.9. The summed E-state index contributed by atoms with van der Waals surface area (Å²) < 4.78 is 5.42. The number of carbonyl (C=O) groups is 1. The van der Waals surface area contributed by atoms with Gasteiger partial charge in [0.15, 0.2) is 0 Å². The standard InChI is InChI=1S/C21H25N3O3/c1-5-27-17-8-6-16(7-9-17)13-24(4)20(25)11-10-18-14(2)19(12-22)21(26)23-15(18)3/h6-9H,5,10-11,13H2,1-4H3,(H,23,26). The van der Waals surface area contributed by atoms with Gasteiger partial charge in [0.05, 0.1) is 6.61 Å². The van der Waals surface area contributed by atoms with E-state index < -0.39 is 0 Å². The number of nitrogens with zero attached hydrogens (tertiary/aromatic N) is 2. The van der Waals surface area contributed by atoms with Crippen LogP contribution in [0.15, 0.2) is 29.1 Å². The summed E-state index contributed by atoms with van der Waals surface area (Å²) >= 11 is 0. The molecular weight excluding hydrogens is 342 g/mol. The predicted molar refractivity (Wildman–Crippen MR) is 104 cm³/mol. The second-order valence-corrected chi connectivity index (χ2v) is 6.50. The highest BCUT2D eigenvalue weighted by Gasteiger charge is 2.15. The van der Waals surface area contributed by atoms with Crippen molar-refractivity contribution in [1.29, 1.82) is 5.26 Å². The molecule has 0 bridgehead atoms. The van der Waals surface area contributed by atoms with Crippen LogP contribution in [0.1, 0.15) is 41.3 Å². The lowest BCUT2D eigenvalue weighted by atomic mass is 9.99. The first-order valence-electron chi connectivity index (χ1n) is 8.95. The van der Waals surface area contributed by atoms with Crippen molar-refractivity contribution in [2.45, 2.75) is 40.2 Å². The summed E-state index contributed by atoms with van der Waals surface area (Å²) in [7, 11) is 1.77. The number of aromatic amines is 1. The quantitative estimate of drug-likeness (QED) is 0.815. The fourth-order valence-electron chi connectivity index (χ4n) is 3.06. The van der Waals surface area contributed by atoms with E-state index in [-0.39, 0.29) is 17.0 Å². The maximum absolute atomic E-state index is 12.5. The Morgan fingerprint density at radius 3 is 2.52 bits per heavy atom. The van der Waals surface area contributed by atoms with Gasteiger partial charge in [0.1, 0.15) is 17.4 Å². The molecule has 0 aliphatic rings. The van der Waals surface area contributed by atoms with Gasteiger partial charge in [0, 0.05) is 25.7 Å². The van der Waals surface area contributed by atoms with Gasteiger partial charge in [0.2, 0.25) is 5.91 Å². The maximum atomic E-state index is 12.5. The van der Waals surface area contributed by atoms with Gasteiger partial charge < -0.3 is 14.6 Å². The number of aryl methyl sites for hydroxylation is 1. The molecule has 27 heavy (non-hydrogen) atoms. The average Bonchev–Trinajstić information content (AvgIpc) is 2.63. The fraction of sp³-hybridized carbons (Fsp3) is 0.381. The van der Waals surface area contributed by atoms with Crippen LogP contribution in [0.2, 0.25) is 0 Å². The average molecular weight is 367 g/mol. The van der Waals surface area contributed by atoms with Crippen molar-refractivity contribution in [2.75, 3.05) is 13.7 Å². The number of amides is 1. The number of nitrogens with one attached hydrogen (secondary N) is 1. The summed E-state index contributed by atoms with van der Waals surface area (Å²) in [4.78, 5) is 28.7. The van der Waals surface area contributed by atoms with Gasteiger partial charge in [-0.3, -0.25) is 9.59 Å². The molecule has 6 heteroatoms. The smallest absolute Gasteiger partial charge is 0.266 e. The monoisotopic (exact) mass is 367 g/mol. The summed E-state index contributed by atoms with van der Waals surface area (Å²) in [5, 5.41) is 9.14. The number of hydrogen-bond acceptors (Lipinski definition) is 4. The molecular formula is C21H25N3O3. The number of nitriles is 1. The summed E-state index contributed by atoms with van der Waals surface area (Å²) in [6.45, 7) is 6.61. The van der Waals surface area contributed by atoms with Crippen LogP contribution >= 0.6 is 0 Å². The molecule has 0 aliphatic carbocycles. The molecule has 0 saturated carbocycles. The van der Waals surface area contributed by atoms with E-state index in [9.17, 15) is 9.59 Å². The zero-order chi connectivity index (χ0) is 20.0. The Kier molecular flexibility index (Phi) is 6.78. The third-order valence-electron chi connectivity index (χ3n) is 4.59. The summed E-state index contributed by atoms with van der Waals surface area (Å²) in [5.74, 6) is 0.819. The van der Waals surface area contributed by atoms with Crippen molar-refractivity contribution in [2.24, 2.45) is 0 Å². The molecule has 1 aromatic heterocycles. The normalized spacial score (nSPS) is 10.3. The Hall–Kier alpha value is -3.07. The maximum Gasteiger partial charge on any atom is 0.266 e. The third-order valence-corrected chi connectivity index (χ3v) is 4.59. The Morgan fingerprint density at radius 1 is 1.26 bits per heavy atom. The van der Waals surface area contributed by atoms with Gasteiger partial charge >= 0.3 is 0 Å². The van der Waals surface area contributed by atoms with Crippen LogP contribution < -0.4 is 10.3 Å². The lowest BCUT2D eigenvalue weighted by Crippen LogP contribution is -2.27. The number of rotatable bonds is 7. The topological polar surface area (TPSA) is 86.2 Å². The molecule has 1 aromatic carbocycles. The molecule has 2 rings (SSSR count). The zero-order valence-corrected chi connectivity index (χ0v) is 16.3. The minimum Gasteiger partial charge on any atom is -0.494 e. The Morgan fingerprint density at radius 2 is 1.93 bits per heavy atom. The summed E-state index contributed by atoms with van der Waals surface area (Å²) in [5.41, 5.74) is 2.98. The summed E-state index contributed by atoms with van der Waals surface area (Å²) in [6.07, 6.45) is 0.793. The number of benzene rings is 1. The number of pyridine rings is 1. The highest BCUT2D eigenvalue weighted by molar-refractivity contribution is 5.76. The molecule has 0 radical (unpaired) electrons. The Balaban J connectivity index is 2.01. The third kappa shape index (κ3) is 4.98. The van der Waals surface area contributed by atoms with Gasteiger partial charge in [0.25, 0.3) is 5.56 Å². The van der Waals surface area contributed by atoms with E-state index >= 15 is 0 Å². The Labute approximate surface area is 159 Å². The second-order valence-electron chi connectivity index (χ2n) is 6.50.